The number of carbonyl (C=O) groups excluding carboxylic acids is 1. The Morgan fingerprint density at radius 1 is 1.21 bits per heavy atom. The number of allylic oxidation sites excluding steroid dienone is 1. The number of rotatable bonds is 1. The van der Waals surface area contributed by atoms with Crippen LogP contribution in [-0.4, -0.2) is 17.0 Å². The van der Waals surface area contributed by atoms with E-state index in [0.29, 0.717) is 23.0 Å². The number of ketones is 1. The molecule has 4 rings (SSSR count). The number of aliphatic hydroxyl groups excluding tert-OH is 1. The Morgan fingerprint density at radius 2 is 1.96 bits per heavy atom. The summed E-state index contributed by atoms with van der Waals surface area (Å²) in [4.78, 5) is 12.4. The van der Waals surface area contributed by atoms with Crippen LogP contribution < -0.4 is 0 Å². The highest BCUT2D eigenvalue weighted by molar-refractivity contribution is 5.80. The van der Waals surface area contributed by atoms with E-state index >= 15 is 0 Å². The van der Waals surface area contributed by atoms with E-state index in [1.54, 1.807) is 5.57 Å². The molecule has 2 nitrogen and oxygen atoms in total. The molecule has 2 heteroatoms. The standard InChI is InChI=1S/C22H34O2/c1-13-11-19-17-6-5-15-12-16(24)7-9-21(15,3)18(17)8-10-22(19,4)20(13)14(2)23/h5,13,16-20,24H,6-12H2,1-4H3. The molecule has 4 aliphatic carbocycles. The van der Waals surface area contributed by atoms with Gasteiger partial charge in [-0.1, -0.05) is 32.4 Å². The van der Waals surface area contributed by atoms with Gasteiger partial charge in [0.05, 0.1) is 6.10 Å². The Balaban J connectivity index is 1.68. The summed E-state index contributed by atoms with van der Waals surface area (Å²) in [5.74, 6) is 3.46. The summed E-state index contributed by atoms with van der Waals surface area (Å²) in [7, 11) is 0. The van der Waals surface area contributed by atoms with Crippen LogP contribution in [-0.2, 0) is 4.79 Å². The van der Waals surface area contributed by atoms with Crippen molar-refractivity contribution in [1.29, 1.82) is 0 Å². The first-order valence-electron chi connectivity index (χ1n) is 10.2. The zero-order valence-corrected chi connectivity index (χ0v) is 15.8. The highest BCUT2D eigenvalue weighted by Gasteiger charge is 2.61. The average molecular weight is 331 g/mol. The quantitative estimate of drug-likeness (QED) is 0.704. The van der Waals surface area contributed by atoms with E-state index in [4.69, 9.17) is 0 Å². The molecule has 3 saturated carbocycles. The van der Waals surface area contributed by atoms with Gasteiger partial charge >= 0.3 is 0 Å². The molecule has 0 aliphatic heterocycles. The first-order valence-corrected chi connectivity index (χ1v) is 10.2. The highest BCUT2D eigenvalue weighted by Crippen LogP contribution is 2.67. The Labute approximate surface area is 147 Å². The van der Waals surface area contributed by atoms with E-state index in [1.165, 1.54) is 25.7 Å². The lowest BCUT2D eigenvalue weighted by Crippen LogP contribution is -2.51. The fourth-order valence-corrected chi connectivity index (χ4v) is 7.87. The number of carbonyl (C=O) groups is 1. The number of fused-ring (bicyclic) bond motifs is 5. The fraction of sp³-hybridized carbons (Fsp3) is 0.864. The smallest absolute Gasteiger partial charge is 0.133 e. The van der Waals surface area contributed by atoms with E-state index in [1.807, 2.05) is 6.92 Å². The molecular weight excluding hydrogens is 296 g/mol. The number of hydrogen-bond acceptors (Lipinski definition) is 2. The van der Waals surface area contributed by atoms with Crippen molar-refractivity contribution in [2.24, 2.45) is 40.4 Å². The second-order valence-electron chi connectivity index (χ2n) is 10.0. The molecule has 3 fully saturated rings. The van der Waals surface area contributed by atoms with E-state index in [0.717, 1.165) is 31.1 Å². The van der Waals surface area contributed by atoms with Gasteiger partial charge in [-0.05, 0) is 86.4 Å². The third-order valence-corrected chi connectivity index (χ3v) is 8.86. The molecule has 4 aliphatic rings. The van der Waals surface area contributed by atoms with Gasteiger partial charge < -0.3 is 5.11 Å². The molecule has 0 aromatic heterocycles. The Bertz CT molecular complexity index is 579. The molecule has 24 heavy (non-hydrogen) atoms. The van der Waals surface area contributed by atoms with Gasteiger partial charge in [0.15, 0.2) is 0 Å². The Kier molecular flexibility index (Phi) is 3.81. The second-order valence-corrected chi connectivity index (χ2v) is 10.0. The summed E-state index contributed by atoms with van der Waals surface area (Å²) in [6.07, 6.45) is 10.3. The molecule has 8 unspecified atom stereocenters. The minimum absolute atomic E-state index is 0.122. The minimum atomic E-state index is -0.122. The molecule has 0 aromatic rings. The van der Waals surface area contributed by atoms with Gasteiger partial charge in [-0.15, -0.1) is 0 Å². The van der Waals surface area contributed by atoms with Crippen molar-refractivity contribution in [1.82, 2.24) is 0 Å². The van der Waals surface area contributed by atoms with Crippen LogP contribution in [0.15, 0.2) is 11.6 Å². The molecule has 8 atom stereocenters. The predicted molar refractivity (Wildman–Crippen MR) is 96.4 cm³/mol. The summed E-state index contributed by atoms with van der Waals surface area (Å²) in [6.45, 7) is 9.04. The molecule has 0 radical (unpaired) electrons. The van der Waals surface area contributed by atoms with Crippen LogP contribution in [0, 0.1) is 40.4 Å². The first kappa shape index (κ1) is 16.8. The van der Waals surface area contributed by atoms with Crippen LogP contribution in [0.5, 0.6) is 0 Å². The third-order valence-electron chi connectivity index (χ3n) is 8.86. The van der Waals surface area contributed by atoms with Crippen molar-refractivity contribution in [2.75, 3.05) is 0 Å². The maximum Gasteiger partial charge on any atom is 0.133 e. The van der Waals surface area contributed by atoms with Gasteiger partial charge in [0.1, 0.15) is 5.78 Å². The molecular formula is C22H34O2. The normalized spacial score (nSPS) is 53.6. The van der Waals surface area contributed by atoms with Gasteiger partial charge in [-0.3, -0.25) is 4.79 Å². The van der Waals surface area contributed by atoms with Gasteiger partial charge in [0, 0.05) is 5.92 Å². The van der Waals surface area contributed by atoms with Crippen molar-refractivity contribution in [2.45, 2.75) is 78.7 Å². The molecule has 0 bridgehead atoms. The zero-order valence-electron chi connectivity index (χ0n) is 15.8. The molecule has 134 valence electrons. The van der Waals surface area contributed by atoms with Crippen molar-refractivity contribution in [3.63, 3.8) is 0 Å². The SMILES string of the molecule is CC(=O)C1C(C)CC2C3CC=C4CC(O)CCC4(C)C3CCC21C. The average Bonchev–Trinajstić information content (AvgIpc) is 2.78. The summed E-state index contributed by atoms with van der Waals surface area (Å²) >= 11 is 0. The van der Waals surface area contributed by atoms with Crippen LogP contribution >= 0.6 is 0 Å². The van der Waals surface area contributed by atoms with E-state index < -0.39 is 0 Å². The lowest BCUT2D eigenvalue weighted by atomic mass is 9.47. The molecule has 0 amide bonds. The van der Waals surface area contributed by atoms with Crippen molar-refractivity contribution < 1.29 is 9.90 Å². The lowest BCUT2D eigenvalue weighted by Gasteiger charge is -2.57. The van der Waals surface area contributed by atoms with Crippen LogP contribution in [0.3, 0.4) is 0 Å². The summed E-state index contributed by atoms with van der Waals surface area (Å²) < 4.78 is 0. The van der Waals surface area contributed by atoms with Gasteiger partial charge in [0.25, 0.3) is 0 Å². The molecule has 0 heterocycles. The van der Waals surface area contributed by atoms with Crippen molar-refractivity contribution in [3.05, 3.63) is 11.6 Å². The molecule has 0 aromatic carbocycles. The Hall–Kier alpha value is -0.630. The lowest BCUT2D eigenvalue weighted by molar-refractivity contribution is -0.128. The Morgan fingerprint density at radius 3 is 2.67 bits per heavy atom. The second kappa shape index (κ2) is 5.43. The minimum Gasteiger partial charge on any atom is -0.393 e. The number of aliphatic hydroxyl groups is 1. The third kappa shape index (κ3) is 2.14. The highest BCUT2D eigenvalue weighted by atomic mass is 16.3. The summed E-state index contributed by atoms with van der Waals surface area (Å²) in [6, 6.07) is 0. The van der Waals surface area contributed by atoms with E-state index in [9.17, 15) is 9.90 Å². The van der Waals surface area contributed by atoms with Crippen molar-refractivity contribution in [3.8, 4) is 0 Å². The van der Waals surface area contributed by atoms with Crippen LogP contribution in [0.25, 0.3) is 0 Å². The van der Waals surface area contributed by atoms with Gasteiger partial charge in [-0.25, -0.2) is 0 Å². The molecule has 0 saturated heterocycles. The summed E-state index contributed by atoms with van der Waals surface area (Å²) in [5, 5.41) is 10.1. The van der Waals surface area contributed by atoms with Crippen LogP contribution in [0.4, 0.5) is 0 Å². The predicted octanol–water partition coefficient (Wildman–Crippen LogP) is 4.76. The maximum absolute atomic E-state index is 12.4. The first-order chi connectivity index (χ1) is 11.3. The van der Waals surface area contributed by atoms with E-state index in [2.05, 4.69) is 26.8 Å². The van der Waals surface area contributed by atoms with Crippen LogP contribution in [0.2, 0.25) is 0 Å². The van der Waals surface area contributed by atoms with E-state index in [-0.39, 0.29) is 17.4 Å². The van der Waals surface area contributed by atoms with Gasteiger partial charge in [-0.2, -0.15) is 0 Å². The summed E-state index contributed by atoms with van der Waals surface area (Å²) in [5.41, 5.74) is 2.07. The number of hydrogen-bond donors (Lipinski definition) is 1. The fourth-order valence-electron chi connectivity index (χ4n) is 7.87. The maximum atomic E-state index is 12.4. The van der Waals surface area contributed by atoms with Crippen LogP contribution in [0.1, 0.15) is 72.6 Å². The van der Waals surface area contributed by atoms with Gasteiger partial charge in [0.2, 0.25) is 0 Å². The largest absolute Gasteiger partial charge is 0.393 e. The molecule has 1 N–H and O–H groups in total. The monoisotopic (exact) mass is 330 g/mol. The van der Waals surface area contributed by atoms with Crippen molar-refractivity contribution >= 4 is 5.78 Å². The zero-order chi connectivity index (χ0) is 17.3. The molecule has 0 spiro atoms. The number of Topliss-reactive ketones (excluding diaryl/α,β-unsaturated/α-hetero) is 1. The topological polar surface area (TPSA) is 37.3 Å².